The summed E-state index contributed by atoms with van der Waals surface area (Å²) in [7, 11) is -4.12. The fourth-order valence-corrected chi connectivity index (χ4v) is 4.85. The van der Waals surface area contributed by atoms with E-state index in [1.54, 1.807) is 30.3 Å². The summed E-state index contributed by atoms with van der Waals surface area (Å²) in [5.41, 5.74) is 1.06. The standard InChI is InChI=1S/C16H13NO6S/c18-16(19)12-8-10-4-1-2-5-11(10)17(12)24(20,21)14-7-3-6-13-15(14)23-9-22-13/h1-7,12H,8-9H2,(H,18,19). The molecule has 2 heterocycles. The Labute approximate surface area is 138 Å². The number of carbonyl (C=O) groups is 1. The lowest BCUT2D eigenvalue weighted by atomic mass is 10.1. The third-order valence-electron chi connectivity index (χ3n) is 4.11. The minimum absolute atomic E-state index is 0.0686. The number of aliphatic carboxylic acids is 1. The number of anilines is 1. The van der Waals surface area contributed by atoms with Gasteiger partial charge in [-0.25, -0.2) is 13.2 Å². The van der Waals surface area contributed by atoms with Crippen LogP contribution in [-0.2, 0) is 21.2 Å². The van der Waals surface area contributed by atoms with Gasteiger partial charge in [0.1, 0.15) is 10.9 Å². The van der Waals surface area contributed by atoms with Crippen molar-refractivity contribution in [3.63, 3.8) is 0 Å². The highest BCUT2D eigenvalue weighted by molar-refractivity contribution is 7.93. The highest BCUT2D eigenvalue weighted by Crippen LogP contribution is 2.43. The number of nitrogens with zero attached hydrogens (tertiary/aromatic N) is 1. The number of hydrogen-bond donors (Lipinski definition) is 1. The number of fused-ring (bicyclic) bond motifs is 2. The van der Waals surface area contributed by atoms with E-state index in [4.69, 9.17) is 9.47 Å². The van der Waals surface area contributed by atoms with Crippen molar-refractivity contribution in [1.82, 2.24) is 0 Å². The van der Waals surface area contributed by atoms with Crippen LogP contribution in [0.5, 0.6) is 11.5 Å². The summed E-state index contributed by atoms with van der Waals surface area (Å²) in [5, 5.41) is 9.50. The molecule has 0 spiro atoms. The summed E-state index contributed by atoms with van der Waals surface area (Å²) < 4.78 is 37.9. The Kier molecular flexibility index (Phi) is 3.17. The summed E-state index contributed by atoms with van der Waals surface area (Å²) in [5.74, 6) is -0.749. The average Bonchev–Trinajstić information content (AvgIpc) is 3.18. The molecule has 0 fully saturated rings. The first-order chi connectivity index (χ1) is 11.5. The number of benzene rings is 2. The fraction of sp³-hybridized carbons (Fsp3) is 0.188. The first-order valence-electron chi connectivity index (χ1n) is 7.24. The van der Waals surface area contributed by atoms with Crippen molar-refractivity contribution in [2.75, 3.05) is 11.1 Å². The van der Waals surface area contributed by atoms with Gasteiger partial charge in [-0.15, -0.1) is 0 Å². The molecule has 0 aliphatic carbocycles. The topological polar surface area (TPSA) is 93.1 Å². The van der Waals surface area contributed by atoms with E-state index in [0.717, 1.165) is 4.31 Å². The molecule has 0 saturated carbocycles. The van der Waals surface area contributed by atoms with Crippen LogP contribution in [0.4, 0.5) is 5.69 Å². The molecule has 4 rings (SSSR count). The molecular formula is C16H13NO6S. The number of rotatable bonds is 3. The lowest BCUT2D eigenvalue weighted by Crippen LogP contribution is -2.42. The van der Waals surface area contributed by atoms with Gasteiger partial charge >= 0.3 is 5.97 Å². The first kappa shape index (κ1) is 14.8. The minimum Gasteiger partial charge on any atom is -0.480 e. The van der Waals surface area contributed by atoms with Crippen LogP contribution in [0.15, 0.2) is 47.4 Å². The van der Waals surface area contributed by atoms with E-state index in [0.29, 0.717) is 17.0 Å². The molecule has 2 aromatic carbocycles. The zero-order valence-corrected chi connectivity index (χ0v) is 13.2. The van der Waals surface area contributed by atoms with E-state index in [1.807, 2.05) is 0 Å². The van der Waals surface area contributed by atoms with Gasteiger partial charge in [0, 0.05) is 6.42 Å². The Morgan fingerprint density at radius 3 is 2.71 bits per heavy atom. The molecule has 0 aromatic heterocycles. The van der Waals surface area contributed by atoms with Crippen molar-refractivity contribution in [3.8, 4) is 11.5 Å². The minimum atomic E-state index is -4.12. The number of carboxylic acid groups (broad SMARTS) is 1. The third-order valence-corrected chi connectivity index (χ3v) is 5.95. The third kappa shape index (κ3) is 2.03. The summed E-state index contributed by atoms with van der Waals surface area (Å²) >= 11 is 0. The molecule has 1 N–H and O–H groups in total. The lowest BCUT2D eigenvalue weighted by molar-refractivity contribution is -0.138. The summed E-state index contributed by atoms with van der Waals surface area (Å²) in [6.45, 7) is -0.0686. The molecule has 24 heavy (non-hydrogen) atoms. The monoisotopic (exact) mass is 347 g/mol. The van der Waals surface area contributed by atoms with Gasteiger partial charge in [-0.3, -0.25) is 4.31 Å². The van der Waals surface area contributed by atoms with E-state index < -0.39 is 22.0 Å². The van der Waals surface area contributed by atoms with Crippen molar-refractivity contribution in [3.05, 3.63) is 48.0 Å². The van der Waals surface area contributed by atoms with Crippen LogP contribution >= 0.6 is 0 Å². The Hall–Kier alpha value is -2.74. The van der Waals surface area contributed by atoms with Gasteiger partial charge in [0.15, 0.2) is 11.5 Å². The van der Waals surface area contributed by atoms with Crippen molar-refractivity contribution < 1.29 is 27.8 Å². The SMILES string of the molecule is O=C(O)C1Cc2ccccc2N1S(=O)(=O)c1cccc2c1OCO2. The molecule has 7 nitrogen and oxygen atoms in total. The van der Waals surface area contributed by atoms with Crippen molar-refractivity contribution >= 4 is 21.7 Å². The molecule has 0 bridgehead atoms. The Morgan fingerprint density at radius 1 is 1.12 bits per heavy atom. The zero-order valence-electron chi connectivity index (χ0n) is 12.4. The zero-order chi connectivity index (χ0) is 16.9. The molecule has 2 aliphatic heterocycles. The van der Waals surface area contributed by atoms with E-state index in [1.165, 1.54) is 12.1 Å². The first-order valence-corrected chi connectivity index (χ1v) is 8.68. The van der Waals surface area contributed by atoms with Gasteiger partial charge in [0.05, 0.1) is 5.69 Å². The molecule has 1 unspecified atom stereocenters. The van der Waals surface area contributed by atoms with Crippen molar-refractivity contribution in [2.24, 2.45) is 0 Å². The average molecular weight is 347 g/mol. The van der Waals surface area contributed by atoms with Gasteiger partial charge in [0.25, 0.3) is 10.0 Å². The number of carboxylic acids is 1. The molecular weight excluding hydrogens is 334 g/mol. The summed E-state index contributed by atoms with van der Waals surface area (Å²) in [6.07, 6.45) is 0.122. The van der Waals surface area contributed by atoms with Crippen LogP contribution in [0, 0.1) is 0 Å². The van der Waals surface area contributed by atoms with Gasteiger partial charge in [-0.05, 0) is 23.8 Å². The van der Waals surface area contributed by atoms with Crippen molar-refractivity contribution in [2.45, 2.75) is 17.4 Å². The predicted molar refractivity (Wildman–Crippen MR) is 83.8 cm³/mol. The van der Waals surface area contributed by atoms with Crippen LogP contribution in [0.3, 0.4) is 0 Å². The molecule has 1 atom stereocenters. The van der Waals surface area contributed by atoms with Gasteiger partial charge in [-0.1, -0.05) is 24.3 Å². The highest BCUT2D eigenvalue weighted by Gasteiger charge is 2.44. The second-order valence-corrected chi connectivity index (χ2v) is 7.26. The Morgan fingerprint density at radius 2 is 1.92 bits per heavy atom. The molecule has 0 radical (unpaired) electrons. The van der Waals surface area contributed by atoms with Gasteiger partial charge in [-0.2, -0.15) is 0 Å². The van der Waals surface area contributed by atoms with Crippen molar-refractivity contribution in [1.29, 1.82) is 0 Å². The Bertz CT molecular complexity index is 939. The summed E-state index contributed by atoms with van der Waals surface area (Å²) in [6, 6.07) is 10.1. The molecule has 2 aliphatic rings. The fourth-order valence-electron chi connectivity index (χ4n) is 3.05. The molecule has 2 aromatic rings. The number of sulfonamides is 1. The van der Waals surface area contributed by atoms with E-state index in [9.17, 15) is 18.3 Å². The quantitative estimate of drug-likeness (QED) is 0.907. The maximum absolute atomic E-state index is 13.2. The van der Waals surface area contributed by atoms with Gasteiger partial charge < -0.3 is 14.6 Å². The number of ether oxygens (including phenoxy) is 2. The molecule has 0 amide bonds. The molecule has 8 heteroatoms. The lowest BCUT2D eigenvalue weighted by Gasteiger charge is -2.24. The van der Waals surface area contributed by atoms with Crippen LogP contribution in [-0.4, -0.2) is 32.3 Å². The maximum Gasteiger partial charge on any atom is 0.327 e. The molecule has 0 saturated heterocycles. The number of hydrogen-bond acceptors (Lipinski definition) is 5. The predicted octanol–water partition coefficient (Wildman–Crippen LogP) is 1.62. The van der Waals surface area contributed by atoms with Gasteiger partial charge in [0.2, 0.25) is 6.79 Å². The second kappa shape index (κ2) is 5.13. The van der Waals surface area contributed by atoms with Crippen LogP contribution in [0.2, 0.25) is 0 Å². The summed E-state index contributed by atoms with van der Waals surface area (Å²) in [4.78, 5) is 11.5. The van der Waals surface area contributed by atoms with E-state index >= 15 is 0 Å². The van der Waals surface area contributed by atoms with Crippen LogP contribution < -0.4 is 13.8 Å². The smallest absolute Gasteiger partial charge is 0.327 e. The van der Waals surface area contributed by atoms with Crippen LogP contribution in [0.25, 0.3) is 0 Å². The maximum atomic E-state index is 13.2. The second-order valence-electron chi connectivity index (χ2n) is 5.48. The molecule has 124 valence electrons. The van der Waals surface area contributed by atoms with E-state index in [2.05, 4.69) is 0 Å². The highest BCUT2D eigenvalue weighted by atomic mass is 32.2. The van der Waals surface area contributed by atoms with Crippen LogP contribution in [0.1, 0.15) is 5.56 Å². The normalized spacial score (nSPS) is 18.5. The number of para-hydroxylation sites is 2. The van der Waals surface area contributed by atoms with E-state index in [-0.39, 0.29) is 23.9 Å². The largest absolute Gasteiger partial charge is 0.480 e. The Balaban J connectivity index is 1.90.